The standard InChI is InChI=1S/C11H13BrN4O/c1-6(2)8-7(12)11(17)15-9(14-8)10-13-4-5-16(10)3/h4-6H,1-3H3,(H,14,15,17). The van der Waals surface area contributed by atoms with Crippen molar-refractivity contribution in [3.05, 3.63) is 32.9 Å². The van der Waals surface area contributed by atoms with E-state index in [1.165, 1.54) is 0 Å². The zero-order valence-electron chi connectivity index (χ0n) is 9.86. The first-order valence-corrected chi connectivity index (χ1v) is 6.07. The summed E-state index contributed by atoms with van der Waals surface area (Å²) in [6, 6.07) is 0. The smallest absolute Gasteiger partial charge is 0.265 e. The number of hydrogen-bond acceptors (Lipinski definition) is 3. The second-order valence-corrected chi connectivity index (χ2v) is 4.92. The molecule has 2 rings (SSSR count). The van der Waals surface area contributed by atoms with Crippen molar-refractivity contribution in [2.75, 3.05) is 0 Å². The first-order chi connectivity index (χ1) is 8.00. The van der Waals surface area contributed by atoms with E-state index in [0.29, 0.717) is 16.1 Å². The van der Waals surface area contributed by atoms with Gasteiger partial charge in [-0.15, -0.1) is 0 Å². The highest BCUT2D eigenvalue weighted by molar-refractivity contribution is 9.10. The summed E-state index contributed by atoms with van der Waals surface area (Å²) in [6.45, 7) is 3.99. The predicted molar refractivity (Wildman–Crippen MR) is 68.8 cm³/mol. The molecule has 0 spiro atoms. The van der Waals surface area contributed by atoms with Crippen LogP contribution in [0.2, 0.25) is 0 Å². The lowest BCUT2D eigenvalue weighted by atomic mass is 10.1. The molecule has 0 amide bonds. The molecule has 0 fully saturated rings. The molecule has 0 aliphatic heterocycles. The van der Waals surface area contributed by atoms with Crippen LogP contribution in [0.25, 0.3) is 11.6 Å². The van der Waals surface area contributed by atoms with Gasteiger partial charge in [-0.05, 0) is 21.8 Å². The van der Waals surface area contributed by atoms with Crippen LogP contribution in [0.3, 0.4) is 0 Å². The van der Waals surface area contributed by atoms with E-state index in [1.54, 1.807) is 6.20 Å². The Morgan fingerprint density at radius 1 is 1.47 bits per heavy atom. The van der Waals surface area contributed by atoms with Crippen LogP contribution >= 0.6 is 15.9 Å². The van der Waals surface area contributed by atoms with Crippen molar-refractivity contribution in [1.82, 2.24) is 19.5 Å². The van der Waals surface area contributed by atoms with Crippen LogP contribution in [0.1, 0.15) is 25.5 Å². The van der Waals surface area contributed by atoms with Gasteiger partial charge < -0.3 is 9.55 Å². The average Bonchev–Trinajstić information content (AvgIpc) is 2.68. The molecule has 90 valence electrons. The zero-order valence-corrected chi connectivity index (χ0v) is 11.4. The zero-order chi connectivity index (χ0) is 12.6. The third kappa shape index (κ3) is 2.17. The fourth-order valence-electron chi connectivity index (χ4n) is 1.56. The monoisotopic (exact) mass is 296 g/mol. The van der Waals surface area contributed by atoms with E-state index < -0.39 is 0 Å². The fourth-order valence-corrected chi connectivity index (χ4v) is 2.20. The summed E-state index contributed by atoms with van der Waals surface area (Å²) in [5, 5.41) is 0. The lowest BCUT2D eigenvalue weighted by Crippen LogP contribution is -2.15. The van der Waals surface area contributed by atoms with Crippen molar-refractivity contribution in [3.8, 4) is 11.6 Å². The molecule has 17 heavy (non-hydrogen) atoms. The Morgan fingerprint density at radius 3 is 2.71 bits per heavy atom. The van der Waals surface area contributed by atoms with E-state index in [9.17, 15) is 4.79 Å². The van der Waals surface area contributed by atoms with Gasteiger partial charge in [-0.1, -0.05) is 13.8 Å². The molecule has 0 radical (unpaired) electrons. The number of nitrogens with zero attached hydrogens (tertiary/aromatic N) is 3. The molecule has 0 aromatic carbocycles. The van der Waals surface area contributed by atoms with Crippen molar-refractivity contribution < 1.29 is 0 Å². The van der Waals surface area contributed by atoms with Crippen molar-refractivity contribution in [2.24, 2.45) is 7.05 Å². The van der Waals surface area contributed by atoms with Crippen LogP contribution in [-0.4, -0.2) is 19.5 Å². The van der Waals surface area contributed by atoms with Crippen LogP contribution in [0.5, 0.6) is 0 Å². The number of hydrogen-bond donors (Lipinski definition) is 1. The second kappa shape index (κ2) is 4.44. The first-order valence-electron chi connectivity index (χ1n) is 5.28. The molecule has 6 heteroatoms. The van der Waals surface area contributed by atoms with Crippen LogP contribution in [0, 0.1) is 0 Å². The van der Waals surface area contributed by atoms with Gasteiger partial charge in [-0.3, -0.25) is 4.79 Å². The van der Waals surface area contributed by atoms with Gasteiger partial charge in [0.25, 0.3) is 5.56 Å². The number of aromatic nitrogens is 4. The van der Waals surface area contributed by atoms with Gasteiger partial charge in [0.2, 0.25) is 0 Å². The van der Waals surface area contributed by atoms with Crippen LogP contribution in [0.4, 0.5) is 0 Å². The van der Waals surface area contributed by atoms with Gasteiger partial charge in [-0.2, -0.15) is 0 Å². The maximum absolute atomic E-state index is 11.8. The molecule has 0 aliphatic rings. The molecule has 1 N–H and O–H groups in total. The van der Waals surface area contributed by atoms with E-state index >= 15 is 0 Å². The van der Waals surface area contributed by atoms with Gasteiger partial charge in [0.1, 0.15) is 4.47 Å². The number of rotatable bonds is 2. The van der Waals surface area contributed by atoms with Crippen molar-refractivity contribution in [2.45, 2.75) is 19.8 Å². The van der Waals surface area contributed by atoms with Crippen molar-refractivity contribution in [1.29, 1.82) is 0 Å². The van der Waals surface area contributed by atoms with Gasteiger partial charge in [-0.25, -0.2) is 9.97 Å². The summed E-state index contributed by atoms with van der Waals surface area (Å²) in [7, 11) is 1.86. The molecular weight excluding hydrogens is 284 g/mol. The quantitative estimate of drug-likeness (QED) is 0.922. The lowest BCUT2D eigenvalue weighted by Gasteiger charge is -2.09. The van der Waals surface area contributed by atoms with E-state index in [0.717, 1.165) is 5.69 Å². The second-order valence-electron chi connectivity index (χ2n) is 4.13. The number of halogens is 1. The third-order valence-corrected chi connectivity index (χ3v) is 3.23. The minimum Gasteiger partial charge on any atom is -0.331 e. The normalized spacial score (nSPS) is 11.1. The maximum Gasteiger partial charge on any atom is 0.265 e. The highest BCUT2D eigenvalue weighted by Gasteiger charge is 2.14. The summed E-state index contributed by atoms with van der Waals surface area (Å²) in [5.41, 5.74) is 0.563. The fraction of sp³-hybridized carbons (Fsp3) is 0.364. The highest BCUT2D eigenvalue weighted by Crippen LogP contribution is 2.21. The molecule has 0 bridgehead atoms. The summed E-state index contributed by atoms with van der Waals surface area (Å²) in [6.07, 6.45) is 3.48. The Labute approximate surface area is 107 Å². The summed E-state index contributed by atoms with van der Waals surface area (Å²) >= 11 is 3.26. The van der Waals surface area contributed by atoms with Crippen molar-refractivity contribution in [3.63, 3.8) is 0 Å². The van der Waals surface area contributed by atoms with Crippen molar-refractivity contribution >= 4 is 15.9 Å². The highest BCUT2D eigenvalue weighted by atomic mass is 79.9. The third-order valence-electron chi connectivity index (χ3n) is 2.47. The van der Waals surface area contributed by atoms with E-state index in [2.05, 4.69) is 30.9 Å². The van der Waals surface area contributed by atoms with E-state index in [4.69, 9.17) is 0 Å². The number of nitrogens with one attached hydrogen (secondary N) is 1. The number of aromatic amines is 1. The molecule has 0 saturated heterocycles. The van der Waals surface area contributed by atoms with Gasteiger partial charge in [0.05, 0.1) is 5.69 Å². The first kappa shape index (κ1) is 12.0. The summed E-state index contributed by atoms with van der Waals surface area (Å²) in [5.74, 6) is 1.32. The Kier molecular flexibility index (Phi) is 3.15. The number of H-pyrrole nitrogens is 1. The summed E-state index contributed by atoms with van der Waals surface area (Å²) < 4.78 is 2.31. The minimum atomic E-state index is -0.179. The lowest BCUT2D eigenvalue weighted by molar-refractivity contribution is 0.795. The molecule has 0 atom stereocenters. The SMILES string of the molecule is CC(C)c1nc(-c2nccn2C)[nH]c(=O)c1Br. The molecule has 2 heterocycles. The van der Waals surface area contributed by atoms with Crippen LogP contribution in [0.15, 0.2) is 21.7 Å². The van der Waals surface area contributed by atoms with Gasteiger partial charge in [0.15, 0.2) is 11.6 Å². The largest absolute Gasteiger partial charge is 0.331 e. The molecule has 5 nitrogen and oxygen atoms in total. The van der Waals surface area contributed by atoms with Crippen LogP contribution in [-0.2, 0) is 7.05 Å². The van der Waals surface area contributed by atoms with E-state index in [1.807, 2.05) is 31.7 Å². The molecule has 2 aromatic heterocycles. The van der Waals surface area contributed by atoms with E-state index in [-0.39, 0.29) is 11.5 Å². The molecule has 0 aliphatic carbocycles. The molecular formula is C11H13BrN4O. The average molecular weight is 297 g/mol. The molecule has 2 aromatic rings. The number of imidazole rings is 1. The maximum atomic E-state index is 11.8. The molecule has 0 saturated carbocycles. The topological polar surface area (TPSA) is 63.6 Å². The van der Waals surface area contributed by atoms with Gasteiger partial charge >= 0.3 is 0 Å². The Morgan fingerprint density at radius 2 is 2.18 bits per heavy atom. The summed E-state index contributed by atoms with van der Waals surface area (Å²) in [4.78, 5) is 23.1. The predicted octanol–water partition coefficient (Wildman–Crippen LogP) is 2.06. The van der Waals surface area contributed by atoms with Crippen LogP contribution < -0.4 is 5.56 Å². The Bertz CT molecular complexity index is 600. The Balaban J connectivity index is 2.66. The molecule has 0 unspecified atom stereocenters. The minimum absolute atomic E-state index is 0.172. The Hall–Kier alpha value is -1.43. The van der Waals surface area contributed by atoms with Gasteiger partial charge in [0, 0.05) is 19.4 Å². The number of aryl methyl sites for hydroxylation is 1.